The van der Waals surface area contributed by atoms with Crippen molar-refractivity contribution < 1.29 is 21.6 Å². The number of halogens is 3. The van der Waals surface area contributed by atoms with Crippen LogP contribution < -0.4 is 16.0 Å². The lowest BCUT2D eigenvalue weighted by atomic mass is 10.2. The van der Waals surface area contributed by atoms with Crippen LogP contribution in [0, 0.1) is 0 Å². The molecule has 3 N–H and O–H groups in total. The second-order valence-corrected chi connectivity index (χ2v) is 5.77. The second-order valence-electron chi connectivity index (χ2n) is 4.12. The third kappa shape index (κ3) is 3.36. The lowest BCUT2D eigenvalue weighted by molar-refractivity contribution is -0.137. The number of rotatable bonds is 3. The summed E-state index contributed by atoms with van der Waals surface area (Å²) in [5, 5.41) is 0. The maximum Gasteiger partial charge on any atom is 0.416 e. The van der Waals surface area contributed by atoms with Crippen LogP contribution in [0.2, 0.25) is 0 Å². The van der Waals surface area contributed by atoms with Crippen LogP contribution in [0.25, 0.3) is 0 Å². The van der Waals surface area contributed by atoms with Gasteiger partial charge in [0.05, 0.1) is 5.56 Å². The number of H-pyrrole nitrogens is 2. The van der Waals surface area contributed by atoms with E-state index in [0.717, 1.165) is 12.1 Å². The zero-order valence-corrected chi connectivity index (χ0v) is 11.4. The van der Waals surface area contributed by atoms with Crippen LogP contribution >= 0.6 is 0 Å². The molecule has 0 unspecified atom stereocenters. The van der Waals surface area contributed by atoms with E-state index in [1.807, 2.05) is 9.71 Å². The molecule has 2 aromatic rings. The lowest BCUT2D eigenvalue weighted by Gasteiger charge is -2.09. The molecule has 0 aliphatic rings. The van der Waals surface area contributed by atoms with Gasteiger partial charge in [-0.15, -0.1) is 0 Å². The van der Waals surface area contributed by atoms with E-state index in [2.05, 4.69) is 0 Å². The van der Waals surface area contributed by atoms with Gasteiger partial charge in [-0.2, -0.15) is 13.2 Å². The van der Waals surface area contributed by atoms with Crippen molar-refractivity contribution in [2.24, 2.45) is 0 Å². The predicted molar refractivity (Wildman–Crippen MR) is 69.9 cm³/mol. The summed E-state index contributed by atoms with van der Waals surface area (Å²) in [6.07, 6.45) is -3.86. The van der Waals surface area contributed by atoms with Crippen molar-refractivity contribution in [2.75, 3.05) is 4.72 Å². The molecule has 7 nitrogen and oxygen atoms in total. The normalized spacial score (nSPS) is 12.1. The van der Waals surface area contributed by atoms with E-state index in [4.69, 9.17) is 0 Å². The minimum absolute atomic E-state index is 0.168. The average molecular weight is 335 g/mol. The van der Waals surface area contributed by atoms with Crippen LogP contribution in [0.15, 0.2) is 44.9 Å². The number of hydrogen-bond acceptors (Lipinski definition) is 4. The quantitative estimate of drug-likeness (QED) is 0.773. The van der Waals surface area contributed by atoms with Crippen molar-refractivity contribution in [3.63, 3.8) is 0 Å². The van der Waals surface area contributed by atoms with E-state index < -0.39 is 37.9 Å². The summed E-state index contributed by atoms with van der Waals surface area (Å²) in [5.41, 5.74) is -3.16. The maximum absolute atomic E-state index is 12.4. The van der Waals surface area contributed by atoms with Crippen LogP contribution in [-0.4, -0.2) is 18.4 Å². The highest BCUT2D eigenvalue weighted by atomic mass is 32.2. The van der Waals surface area contributed by atoms with E-state index in [-0.39, 0.29) is 5.69 Å². The Bertz CT molecular complexity index is 898. The van der Waals surface area contributed by atoms with Crippen molar-refractivity contribution in [3.8, 4) is 0 Å². The SMILES string of the molecule is O=c1[nH]cc(S(=O)(=O)Nc2ccc(C(F)(F)F)cc2)c(=O)[nH]1. The van der Waals surface area contributed by atoms with E-state index in [0.29, 0.717) is 18.3 Å². The highest BCUT2D eigenvalue weighted by Crippen LogP contribution is 2.30. The molecular weight excluding hydrogens is 327 g/mol. The van der Waals surface area contributed by atoms with E-state index in [9.17, 15) is 31.2 Å². The predicted octanol–water partition coefficient (Wildman–Crippen LogP) is 0.883. The van der Waals surface area contributed by atoms with Crippen molar-refractivity contribution in [1.82, 2.24) is 9.97 Å². The molecule has 1 heterocycles. The molecule has 0 saturated heterocycles. The van der Waals surface area contributed by atoms with Gasteiger partial charge in [0, 0.05) is 11.9 Å². The van der Waals surface area contributed by atoms with Gasteiger partial charge in [-0.3, -0.25) is 14.5 Å². The van der Waals surface area contributed by atoms with Crippen molar-refractivity contribution in [1.29, 1.82) is 0 Å². The molecule has 1 aromatic heterocycles. The second kappa shape index (κ2) is 5.33. The Morgan fingerprint density at radius 3 is 2.14 bits per heavy atom. The molecule has 2 rings (SSSR count). The number of alkyl halides is 3. The molecule has 1 aromatic carbocycles. The number of hydrogen-bond donors (Lipinski definition) is 3. The van der Waals surface area contributed by atoms with Gasteiger partial charge in [0.1, 0.15) is 0 Å². The Labute approximate surface area is 120 Å². The summed E-state index contributed by atoms with van der Waals surface area (Å²) >= 11 is 0. The smallest absolute Gasteiger partial charge is 0.313 e. The molecule has 0 bridgehead atoms. The van der Waals surface area contributed by atoms with Gasteiger partial charge >= 0.3 is 11.9 Å². The Morgan fingerprint density at radius 2 is 1.64 bits per heavy atom. The fourth-order valence-electron chi connectivity index (χ4n) is 1.53. The molecule has 0 radical (unpaired) electrons. The van der Waals surface area contributed by atoms with Crippen LogP contribution in [-0.2, 0) is 16.2 Å². The van der Waals surface area contributed by atoms with Gasteiger partial charge in [0.15, 0.2) is 4.90 Å². The standard InChI is InChI=1S/C11H8F3N3O4S/c12-11(13,14)6-1-3-7(4-2-6)17-22(20,21)8-5-15-10(19)16-9(8)18/h1-5,17H,(H2,15,16,18,19). The zero-order valence-electron chi connectivity index (χ0n) is 10.6. The van der Waals surface area contributed by atoms with Gasteiger partial charge in [0.25, 0.3) is 15.6 Å². The molecule has 22 heavy (non-hydrogen) atoms. The number of aromatic amines is 2. The van der Waals surface area contributed by atoms with Gasteiger partial charge in [-0.1, -0.05) is 0 Å². The molecule has 0 amide bonds. The lowest BCUT2D eigenvalue weighted by Crippen LogP contribution is -2.29. The van der Waals surface area contributed by atoms with Crippen molar-refractivity contribution in [2.45, 2.75) is 11.1 Å². The van der Waals surface area contributed by atoms with E-state index in [1.54, 1.807) is 4.98 Å². The molecule has 0 fully saturated rings. The summed E-state index contributed by atoms with van der Waals surface area (Å²) in [5.74, 6) is 0. The largest absolute Gasteiger partial charge is 0.416 e. The topological polar surface area (TPSA) is 112 Å². The van der Waals surface area contributed by atoms with Gasteiger partial charge < -0.3 is 4.98 Å². The fourth-order valence-corrected chi connectivity index (χ4v) is 2.60. The fraction of sp³-hybridized carbons (Fsp3) is 0.0909. The van der Waals surface area contributed by atoms with Crippen LogP contribution in [0.4, 0.5) is 18.9 Å². The zero-order chi connectivity index (χ0) is 16.5. The van der Waals surface area contributed by atoms with Crippen LogP contribution in [0.3, 0.4) is 0 Å². The Kier molecular flexibility index (Phi) is 3.83. The van der Waals surface area contributed by atoms with Gasteiger partial charge in [-0.05, 0) is 24.3 Å². The third-order valence-electron chi connectivity index (χ3n) is 2.54. The molecule has 0 aliphatic heterocycles. The van der Waals surface area contributed by atoms with E-state index >= 15 is 0 Å². The molecule has 0 aliphatic carbocycles. The monoisotopic (exact) mass is 335 g/mol. The number of benzene rings is 1. The Morgan fingerprint density at radius 1 is 1.05 bits per heavy atom. The van der Waals surface area contributed by atoms with Crippen molar-refractivity contribution >= 4 is 15.7 Å². The first-order valence-corrected chi connectivity index (χ1v) is 7.10. The van der Waals surface area contributed by atoms with Crippen LogP contribution in [0.1, 0.15) is 5.56 Å². The minimum Gasteiger partial charge on any atom is -0.313 e. The molecule has 0 spiro atoms. The first kappa shape index (κ1) is 15.8. The summed E-state index contributed by atoms with van der Waals surface area (Å²) in [6.45, 7) is 0. The number of anilines is 1. The number of sulfonamides is 1. The summed E-state index contributed by atoms with van der Waals surface area (Å²) in [7, 11) is -4.35. The maximum atomic E-state index is 12.4. The highest BCUT2D eigenvalue weighted by Gasteiger charge is 2.30. The minimum atomic E-state index is -4.55. The van der Waals surface area contributed by atoms with E-state index in [1.165, 1.54) is 0 Å². The number of aromatic nitrogens is 2. The molecule has 11 heteroatoms. The third-order valence-corrected chi connectivity index (χ3v) is 3.93. The summed E-state index contributed by atoms with van der Waals surface area (Å²) in [6, 6.07) is 3.18. The first-order valence-electron chi connectivity index (χ1n) is 5.62. The van der Waals surface area contributed by atoms with Crippen LogP contribution in [0.5, 0.6) is 0 Å². The van der Waals surface area contributed by atoms with Crippen molar-refractivity contribution in [3.05, 3.63) is 56.9 Å². The first-order chi connectivity index (χ1) is 10.1. The molecule has 0 saturated carbocycles. The molecule has 118 valence electrons. The Balaban J connectivity index is 2.33. The molecule has 0 atom stereocenters. The highest BCUT2D eigenvalue weighted by molar-refractivity contribution is 7.92. The van der Waals surface area contributed by atoms with Gasteiger partial charge in [0.2, 0.25) is 0 Å². The Hall–Kier alpha value is -2.56. The summed E-state index contributed by atoms with van der Waals surface area (Å²) < 4.78 is 63.0. The number of nitrogens with one attached hydrogen (secondary N) is 3. The average Bonchev–Trinajstić information content (AvgIpc) is 2.37. The summed E-state index contributed by atoms with van der Waals surface area (Å²) in [4.78, 5) is 25.2. The van der Waals surface area contributed by atoms with Gasteiger partial charge in [-0.25, -0.2) is 13.2 Å². The molecular formula is C11H8F3N3O4S.